The molecule has 0 saturated heterocycles. The van der Waals surface area contributed by atoms with Gasteiger partial charge in [-0.1, -0.05) is 13.3 Å². The van der Waals surface area contributed by atoms with E-state index in [9.17, 15) is 0 Å². The van der Waals surface area contributed by atoms with Crippen LogP contribution in [0.4, 0.5) is 5.82 Å². The minimum absolute atomic E-state index is 0.00101. The van der Waals surface area contributed by atoms with E-state index in [1.165, 1.54) is 0 Å². The van der Waals surface area contributed by atoms with E-state index in [1.807, 2.05) is 6.92 Å². The second-order valence-corrected chi connectivity index (χ2v) is 5.23. The van der Waals surface area contributed by atoms with Gasteiger partial charge in [-0.3, -0.25) is 0 Å². The standard InChI is InChI=1S/C14H21N3OS/c1-4-7-11(18-6-3)13-16-12(15-5-2)10-8-9-19-14(10)17-13/h8-9,11H,4-7H2,1-3H3,(H,15,16,17). The van der Waals surface area contributed by atoms with Gasteiger partial charge in [0.15, 0.2) is 5.82 Å². The van der Waals surface area contributed by atoms with Crippen LogP contribution >= 0.6 is 11.3 Å². The molecule has 0 aliphatic rings. The van der Waals surface area contributed by atoms with Gasteiger partial charge in [0.2, 0.25) is 0 Å². The quantitative estimate of drug-likeness (QED) is 0.832. The van der Waals surface area contributed by atoms with Gasteiger partial charge in [-0.2, -0.15) is 0 Å². The fourth-order valence-electron chi connectivity index (χ4n) is 2.07. The van der Waals surface area contributed by atoms with Gasteiger partial charge in [-0.15, -0.1) is 11.3 Å². The van der Waals surface area contributed by atoms with E-state index in [2.05, 4.69) is 40.6 Å². The summed E-state index contributed by atoms with van der Waals surface area (Å²) in [7, 11) is 0. The summed E-state index contributed by atoms with van der Waals surface area (Å²) in [4.78, 5) is 10.3. The number of rotatable bonds is 7. The molecule has 0 fully saturated rings. The summed E-state index contributed by atoms with van der Waals surface area (Å²) < 4.78 is 5.78. The molecule has 4 nitrogen and oxygen atoms in total. The molecule has 2 aromatic heterocycles. The van der Waals surface area contributed by atoms with Crippen LogP contribution < -0.4 is 5.32 Å². The predicted molar refractivity (Wildman–Crippen MR) is 80.9 cm³/mol. The van der Waals surface area contributed by atoms with E-state index in [0.29, 0.717) is 6.61 Å². The molecule has 2 heterocycles. The average Bonchev–Trinajstić information content (AvgIpc) is 2.87. The zero-order valence-corrected chi connectivity index (χ0v) is 12.6. The van der Waals surface area contributed by atoms with E-state index in [-0.39, 0.29) is 6.10 Å². The third-order valence-electron chi connectivity index (χ3n) is 2.89. The Kier molecular flexibility index (Phi) is 5.10. The van der Waals surface area contributed by atoms with Crippen molar-refractivity contribution >= 4 is 27.4 Å². The van der Waals surface area contributed by atoms with Crippen molar-refractivity contribution in [3.05, 3.63) is 17.3 Å². The average molecular weight is 279 g/mol. The third kappa shape index (κ3) is 3.22. The molecule has 0 aromatic carbocycles. The van der Waals surface area contributed by atoms with E-state index in [4.69, 9.17) is 4.74 Å². The number of aromatic nitrogens is 2. The number of fused-ring (bicyclic) bond motifs is 1. The second-order valence-electron chi connectivity index (χ2n) is 4.33. The molecule has 0 aliphatic heterocycles. The lowest BCUT2D eigenvalue weighted by atomic mass is 10.2. The summed E-state index contributed by atoms with van der Waals surface area (Å²) in [5.74, 6) is 1.72. The summed E-state index contributed by atoms with van der Waals surface area (Å²) in [6.07, 6.45) is 2.02. The lowest BCUT2D eigenvalue weighted by Crippen LogP contribution is -2.11. The fraction of sp³-hybridized carbons (Fsp3) is 0.571. The molecule has 104 valence electrons. The Hall–Kier alpha value is -1.20. The third-order valence-corrected chi connectivity index (χ3v) is 3.70. The SMILES string of the molecule is CCCC(OCC)c1nc(NCC)c2ccsc2n1. The van der Waals surface area contributed by atoms with Gasteiger partial charge < -0.3 is 10.1 Å². The molecule has 2 aromatic rings. The monoisotopic (exact) mass is 279 g/mol. The molecule has 19 heavy (non-hydrogen) atoms. The molecule has 1 atom stereocenters. The molecule has 0 amide bonds. The summed E-state index contributed by atoms with van der Waals surface area (Å²) in [5, 5.41) is 6.47. The van der Waals surface area contributed by atoms with Crippen molar-refractivity contribution < 1.29 is 4.74 Å². The Morgan fingerprint density at radius 3 is 2.84 bits per heavy atom. The predicted octanol–water partition coefficient (Wildman–Crippen LogP) is 4.00. The van der Waals surface area contributed by atoms with Crippen LogP contribution in [0.1, 0.15) is 45.5 Å². The molecule has 1 unspecified atom stereocenters. The van der Waals surface area contributed by atoms with E-state index < -0.39 is 0 Å². The van der Waals surface area contributed by atoms with Crippen molar-refractivity contribution in [2.24, 2.45) is 0 Å². The normalized spacial score (nSPS) is 12.8. The topological polar surface area (TPSA) is 47.0 Å². The van der Waals surface area contributed by atoms with Crippen LogP contribution in [0.5, 0.6) is 0 Å². The van der Waals surface area contributed by atoms with E-state index in [0.717, 1.165) is 41.2 Å². The Labute approximate surface area is 118 Å². The van der Waals surface area contributed by atoms with Crippen molar-refractivity contribution in [1.82, 2.24) is 9.97 Å². The molecular formula is C14H21N3OS. The highest BCUT2D eigenvalue weighted by Crippen LogP contribution is 2.29. The summed E-state index contributed by atoms with van der Waals surface area (Å²) in [5.41, 5.74) is 0. The van der Waals surface area contributed by atoms with Gasteiger partial charge >= 0.3 is 0 Å². The number of thiophene rings is 1. The zero-order chi connectivity index (χ0) is 13.7. The van der Waals surface area contributed by atoms with Crippen LogP contribution in [0.25, 0.3) is 10.2 Å². The number of hydrogen-bond donors (Lipinski definition) is 1. The van der Waals surface area contributed by atoms with Crippen molar-refractivity contribution in [2.75, 3.05) is 18.5 Å². The molecule has 5 heteroatoms. The number of nitrogens with zero attached hydrogens (tertiary/aromatic N) is 2. The minimum Gasteiger partial charge on any atom is -0.371 e. The number of anilines is 1. The molecule has 0 bridgehead atoms. The summed E-state index contributed by atoms with van der Waals surface area (Å²) in [6, 6.07) is 2.07. The zero-order valence-electron chi connectivity index (χ0n) is 11.8. The Morgan fingerprint density at radius 2 is 2.16 bits per heavy atom. The molecular weight excluding hydrogens is 258 g/mol. The van der Waals surface area contributed by atoms with Gasteiger partial charge in [0.1, 0.15) is 16.8 Å². The van der Waals surface area contributed by atoms with Gasteiger partial charge in [-0.25, -0.2) is 9.97 Å². The van der Waals surface area contributed by atoms with E-state index >= 15 is 0 Å². The first-order valence-corrected chi connectivity index (χ1v) is 7.78. The molecule has 0 aliphatic carbocycles. The smallest absolute Gasteiger partial charge is 0.161 e. The maximum atomic E-state index is 5.78. The maximum Gasteiger partial charge on any atom is 0.161 e. The largest absolute Gasteiger partial charge is 0.371 e. The Bertz CT molecular complexity index is 520. The number of ether oxygens (including phenoxy) is 1. The minimum atomic E-state index is -0.00101. The fourth-order valence-corrected chi connectivity index (χ4v) is 2.84. The highest BCUT2D eigenvalue weighted by Gasteiger charge is 2.17. The molecule has 0 radical (unpaired) electrons. The Balaban J connectivity index is 2.40. The first kappa shape index (κ1) is 14.2. The van der Waals surface area contributed by atoms with Crippen LogP contribution in [-0.2, 0) is 4.74 Å². The highest BCUT2D eigenvalue weighted by atomic mass is 32.1. The van der Waals surface area contributed by atoms with Crippen LogP contribution in [0, 0.1) is 0 Å². The first-order valence-electron chi connectivity index (χ1n) is 6.90. The van der Waals surface area contributed by atoms with Gasteiger partial charge in [0.25, 0.3) is 0 Å². The van der Waals surface area contributed by atoms with Gasteiger partial charge in [-0.05, 0) is 31.7 Å². The Morgan fingerprint density at radius 1 is 1.32 bits per heavy atom. The summed E-state index contributed by atoms with van der Waals surface area (Å²) in [6.45, 7) is 7.78. The molecule has 0 saturated carbocycles. The lowest BCUT2D eigenvalue weighted by molar-refractivity contribution is 0.0497. The molecule has 1 N–H and O–H groups in total. The molecule has 2 rings (SSSR count). The van der Waals surface area contributed by atoms with Crippen LogP contribution in [-0.4, -0.2) is 23.1 Å². The lowest BCUT2D eigenvalue weighted by Gasteiger charge is -2.16. The van der Waals surface area contributed by atoms with Gasteiger partial charge in [0.05, 0.1) is 5.39 Å². The summed E-state index contributed by atoms with van der Waals surface area (Å²) >= 11 is 1.65. The van der Waals surface area contributed by atoms with Crippen molar-refractivity contribution in [1.29, 1.82) is 0 Å². The second kappa shape index (κ2) is 6.82. The van der Waals surface area contributed by atoms with E-state index in [1.54, 1.807) is 11.3 Å². The highest BCUT2D eigenvalue weighted by molar-refractivity contribution is 7.16. The van der Waals surface area contributed by atoms with Crippen LogP contribution in [0.3, 0.4) is 0 Å². The molecule has 0 spiro atoms. The van der Waals surface area contributed by atoms with Crippen LogP contribution in [0.2, 0.25) is 0 Å². The van der Waals surface area contributed by atoms with Crippen molar-refractivity contribution in [3.63, 3.8) is 0 Å². The van der Waals surface area contributed by atoms with Crippen molar-refractivity contribution in [2.45, 2.75) is 39.7 Å². The number of hydrogen-bond acceptors (Lipinski definition) is 5. The first-order chi connectivity index (χ1) is 9.30. The van der Waals surface area contributed by atoms with Crippen molar-refractivity contribution in [3.8, 4) is 0 Å². The van der Waals surface area contributed by atoms with Gasteiger partial charge in [0, 0.05) is 13.2 Å². The number of nitrogens with one attached hydrogen (secondary N) is 1. The maximum absolute atomic E-state index is 5.78. The van der Waals surface area contributed by atoms with Crippen LogP contribution in [0.15, 0.2) is 11.4 Å².